The molecule has 0 aliphatic carbocycles. The minimum Gasteiger partial charge on any atom is -0.497 e. The van der Waals surface area contributed by atoms with Crippen molar-refractivity contribution in [3.63, 3.8) is 0 Å². The van der Waals surface area contributed by atoms with E-state index in [2.05, 4.69) is 20.8 Å². The molecular weight excluding hydrogens is 384 g/mol. The van der Waals surface area contributed by atoms with Gasteiger partial charge in [0.05, 0.1) is 50.3 Å². The lowest BCUT2D eigenvalue weighted by Crippen LogP contribution is -2.59. The second kappa shape index (κ2) is 10.9. The summed E-state index contributed by atoms with van der Waals surface area (Å²) >= 11 is 0. The van der Waals surface area contributed by atoms with Crippen LogP contribution in [-0.4, -0.2) is 62.6 Å². The maximum Gasteiger partial charge on any atom is 0.118 e. The van der Waals surface area contributed by atoms with E-state index in [1.165, 1.54) is 0 Å². The average molecular weight is 423 g/mol. The summed E-state index contributed by atoms with van der Waals surface area (Å²) in [4.78, 5) is 0. The summed E-state index contributed by atoms with van der Waals surface area (Å²) < 4.78 is 30.2. The highest BCUT2D eigenvalue weighted by atomic mass is 16.6. The number of hydrogen-bond donors (Lipinski definition) is 1. The number of methoxy groups -OCH3 is 2. The molecule has 2 unspecified atom stereocenters. The monoisotopic (exact) mass is 422 g/mol. The lowest BCUT2D eigenvalue weighted by molar-refractivity contribution is -0.268. The van der Waals surface area contributed by atoms with Crippen LogP contribution in [0.3, 0.4) is 0 Å². The molecule has 0 bridgehead atoms. The normalized spacial score (nSPS) is 34.9. The highest BCUT2D eigenvalue weighted by Gasteiger charge is 2.49. The van der Waals surface area contributed by atoms with Crippen molar-refractivity contribution in [3.05, 3.63) is 29.8 Å². The van der Waals surface area contributed by atoms with Crippen molar-refractivity contribution >= 4 is 0 Å². The molecule has 1 aromatic rings. The van der Waals surface area contributed by atoms with Crippen molar-refractivity contribution in [2.45, 2.75) is 83.3 Å². The number of rotatable bonds is 9. The molecule has 1 N–H and O–H groups in total. The van der Waals surface area contributed by atoms with Gasteiger partial charge in [0.1, 0.15) is 5.75 Å². The Balaban J connectivity index is 1.72. The predicted molar refractivity (Wildman–Crippen MR) is 115 cm³/mol. The number of fused-ring (bicyclic) bond motifs is 1. The smallest absolute Gasteiger partial charge is 0.118 e. The van der Waals surface area contributed by atoms with E-state index in [0.29, 0.717) is 18.9 Å². The van der Waals surface area contributed by atoms with Gasteiger partial charge in [0, 0.05) is 26.1 Å². The van der Waals surface area contributed by atoms with E-state index >= 15 is 0 Å². The van der Waals surface area contributed by atoms with Gasteiger partial charge in [0.2, 0.25) is 0 Å². The highest BCUT2D eigenvalue weighted by Crippen LogP contribution is 2.40. The van der Waals surface area contributed by atoms with Crippen molar-refractivity contribution in [3.8, 4) is 5.75 Å². The number of benzene rings is 1. The molecular formula is C24H38O6. The first-order valence-corrected chi connectivity index (χ1v) is 11.2. The Morgan fingerprint density at radius 1 is 1.10 bits per heavy atom. The standard InChI is InChI=1S/C24H38O6/c1-15-12-21-24(30-20(15)10-11-25)17(3)23(22(29-21)13-16(2)26-4)28-14-18-6-8-19(27-5)9-7-18/h6-9,15-17,20-25H,10-14H2,1-5H3/t15-,16?,17-,20-,21?,22+,23-,24+/m1/s1. The summed E-state index contributed by atoms with van der Waals surface area (Å²) in [6.07, 6.45) is 2.46. The lowest BCUT2D eigenvalue weighted by atomic mass is 9.79. The SMILES string of the molecule is COc1ccc(CO[C@@H]2[C@@H](C)[C@@H]3O[C@H](CCO)[C@H](C)CC3O[C@H]2CC(C)OC)cc1. The summed E-state index contributed by atoms with van der Waals surface area (Å²) in [5.74, 6) is 1.38. The molecule has 6 nitrogen and oxygen atoms in total. The van der Waals surface area contributed by atoms with Gasteiger partial charge in [-0.15, -0.1) is 0 Å². The van der Waals surface area contributed by atoms with Crippen molar-refractivity contribution in [1.29, 1.82) is 0 Å². The van der Waals surface area contributed by atoms with Gasteiger partial charge in [-0.2, -0.15) is 0 Å². The minimum atomic E-state index is -0.0888. The van der Waals surface area contributed by atoms with Gasteiger partial charge in [-0.1, -0.05) is 26.0 Å². The van der Waals surface area contributed by atoms with Gasteiger partial charge in [-0.05, 0) is 43.4 Å². The van der Waals surface area contributed by atoms with Gasteiger partial charge in [0.25, 0.3) is 0 Å². The van der Waals surface area contributed by atoms with E-state index in [1.54, 1.807) is 14.2 Å². The number of ether oxygens (including phenoxy) is 5. The topological polar surface area (TPSA) is 66.4 Å². The van der Waals surface area contributed by atoms with Crippen LogP contribution in [-0.2, 0) is 25.6 Å². The van der Waals surface area contributed by atoms with Crippen LogP contribution in [0.2, 0.25) is 0 Å². The first-order valence-electron chi connectivity index (χ1n) is 11.2. The van der Waals surface area contributed by atoms with E-state index < -0.39 is 0 Å². The van der Waals surface area contributed by atoms with Crippen LogP contribution < -0.4 is 4.74 Å². The maximum atomic E-state index is 9.41. The molecule has 0 amide bonds. The fourth-order valence-corrected chi connectivity index (χ4v) is 4.77. The van der Waals surface area contributed by atoms with Crippen LogP contribution in [0.5, 0.6) is 5.75 Å². The maximum absolute atomic E-state index is 9.41. The third kappa shape index (κ3) is 5.54. The Labute approximate surface area is 180 Å². The summed E-state index contributed by atoms with van der Waals surface area (Å²) in [7, 11) is 3.40. The molecule has 30 heavy (non-hydrogen) atoms. The summed E-state index contributed by atoms with van der Waals surface area (Å²) in [6, 6.07) is 7.95. The summed E-state index contributed by atoms with van der Waals surface area (Å²) in [5, 5.41) is 9.41. The number of aliphatic hydroxyl groups excluding tert-OH is 1. The molecule has 170 valence electrons. The number of hydrogen-bond acceptors (Lipinski definition) is 6. The average Bonchev–Trinajstić information content (AvgIpc) is 2.75. The first-order chi connectivity index (χ1) is 14.5. The predicted octanol–water partition coefficient (Wildman–Crippen LogP) is 3.58. The van der Waals surface area contributed by atoms with E-state index in [-0.39, 0.29) is 49.1 Å². The van der Waals surface area contributed by atoms with Gasteiger partial charge in [-0.25, -0.2) is 0 Å². The zero-order chi connectivity index (χ0) is 21.7. The van der Waals surface area contributed by atoms with Crippen molar-refractivity contribution < 1.29 is 28.8 Å². The molecule has 2 saturated heterocycles. The molecule has 1 aromatic carbocycles. The van der Waals surface area contributed by atoms with E-state index in [4.69, 9.17) is 23.7 Å². The van der Waals surface area contributed by atoms with Crippen LogP contribution in [0.25, 0.3) is 0 Å². The first kappa shape index (κ1) is 23.5. The summed E-state index contributed by atoms with van der Waals surface area (Å²) in [5.41, 5.74) is 1.10. The molecule has 0 aromatic heterocycles. The Morgan fingerprint density at radius 2 is 1.83 bits per heavy atom. The Morgan fingerprint density at radius 3 is 2.47 bits per heavy atom. The molecule has 0 saturated carbocycles. The van der Waals surface area contributed by atoms with Gasteiger partial charge >= 0.3 is 0 Å². The van der Waals surface area contributed by atoms with Gasteiger partial charge < -0.3 is 28.8 Å². The number of aliphatic hydroxyl groups is 1. The molecule has 6 heteroatoms. The van der Waals surface area contributed by atoms with Crippen LogP contribution in [0.4, 0.5) is 0 Å². The molecule has 2 fully saturated rings. The lowest BCUT2D eigenvalue weighted by Gasteiger charge is -2.51. The molecule has 2 aliphatic rings. The molecule has 8 atom stereocenters. The second-order valence-electron chi connectivity index (χ2n) is 8.84. The Hall–Kier alpha value is -1.18. The molecule has 2 aliphatic heterocycles. The van der Waals surface area contributed by atoms with Gasteiger partial charge in [-0.3, -0.25) is 0 Å². The van der Waals surface area contributed by atoms with Gasteiger partial charge in [0.15, 0.2) is 0 Å². The fraction of sp³-hybridized carbons (Fsp3) is 0.750. The van der Waals surface area contributed by atoms with Crippen molar-refractivity contribution in [2.75, 3.05) is 20.8 Å². The van der Waals surface area contributed by atoms with E-state index in [1.807, 2.05) is 24.3 Å². The summed E-state index contributed by atoms with van der Waals surface area (Å²) in [6.45, 7) is 7.11. The largest absolute Gasteiger partial charge is 0.497 e. The third-order valence-corrected chi connectivity index (χ3v) is 6.67. The Kier molecular flexibility index (Phi) is 8.54. The van der Waals surface area contributed by atoms with Crippen LogP contribution in [0.1, 0.15) is 45.6 Å². The van der Waals surface area contributed by atoms with E-state index in [9.17, 15) is 5.11 Å². The Bertz CT molecular complexity index is 635. The quantitative estimate of drug-likeness (QED) is 0.656. The molecule has 2 heterocycles. The highest BCUT2D eigenvalue weighted by molar-refractivity contribution is 5.26. The third-order valence-electron chi connectivity index (χ3n) is 6.67. The fourth-order valence-electron chi connectivity index (χ4n) is 4.77. The molecule has 0 spiro atoms. The zero-order valence-electron chi connectivity index (χ0n) is 19.0. The molecule has 0 radical (unpaired) electrons. The van der Waals surface area contributed by atoms with Crippen LogP contribution in [0.15, 0.2) is 24.3 Å². The van der Waals surface area contributed by atoms with Crippen molar-refractivity contribution in [2.24, 2.45) is 11.8 Å². The van der Waals surface area contributed by atoms with Crippen LogP contribution in [0, 0.1) is 11.8 Å². The van der Waals surface area contributed by atoms with Crippen LogP contribution >= 0.6 is 0 Å². The van der Waals surface area contributed by atoms with E-state index in [0.717, 1.165) is 24.2 Å². The minimum absolute atomic E-state index is 0.0206. The van der Waals surface area contributed by atoms with Crippen molar-refractivity contribution in [1.82, 2.24) is 0 Å². The molecule has 3 rings (SSSR count). The zero-order valence-corrected chi connectivity index (χ0v) is 19.0. The second-order valence-corrected chi connectivity index (χ2v) is 8.84.